The molecule has 0 bridgehead atoms. The Labute approximate surface area is 189 Å². The van der Waals surface area contributed by atoms with Gasteiger partial charge in [-0.25, -0.2) is 0 Å². The maximum Gasteiger partial charge on any atom is 0.247 e. The number of halogens is 1. The van der Waals surface area contributed by atoms with E-state index in [9.17, 15) is 14.8 Å². The van der Waals surface area contributed by atoms with Crippen molar-refractivity contribution < 1.29 is 9.90 Å². The summed E-state index contributed by atoms with van der Waals surface area (Å²) in [6, 6.07) is 24.0. The molecule has 32 heavy (non-hydrogen) atoms. The molecule has 4 rings (SSSR count). The van der Waals surface area contributed by atoms with E-state index in [-0.39, 0.29) is 23.0 Å². The second-order valence-electron chi connectivity index (χ2n) is 7.31. The fraction of sp³-hybridized carbons (Fsp3) is 0.0800. The molecule has 0 saturated heterocycles. The number of carbonyl (C=O) groups is 1. The lowest BCUT2D eigenvalue weighted by Crippen LogP contribution is -2.36. The average Bonchev–Trinajstić information content (AvgIpc) is 2.81. The van der Waals surface area contributed by atoms with Gasteiger partial charge in [0.25, 0.3) is 0 Å². The van der Waals surface area contributed by atoms with Crippen LogP contribution in [0.3, 0.4) is 0 Å². The molecule has 0 radical (unpaired) electrons. The summed E-state index contributed by atoms with van der Waals surface area (Å²) in [6.45, 7) is 0. The van der Waals surface area contributed by atoms with Crippen LogP contribution in [0, 0.1) is 4.91 Å². The maximum atomic E-state index is 13.2. The fourth-order valence-corrected chi connectivity index (χ4v) is 3.76. The lowest BCUT2D eigenvalue weighted by Gasteiger charge is -2.21. The number of anilines is 2. The predicted octanol–water partition coefficient (Wildman–Crippen LogP) is 6.26. The van der Waals surface area contributed by atoms with Gasteiger partial charge in [-0.05, 0) is 35.0 Å². The number of hydrogen-bond donors (Lipinski definition) is 3. The molecule has 0 unspecified atom stereocenters. The normalized spacial score (nSPS) is 11.7. The number of amides is 1. The number of phenolic OH excluding ortho intramolecular Hbond substituents is 1. The molecule has 160 valence electrons. The highest BCUT2D eigenvalue weighted by Crippen LogP contribution is 2.39. The van der Waals surface area contributed by atoms with Gasteiger partial charge in [-0.3, -0.25) is 4.79 Å². The summed E-state index contributed by atoms with van der Waals surface area (Å²) >= 11 is 6.04. The van der Waals surface area contributed by atoms with Crippen molar-refractivity contribution >= 4 is 45.3 Å². The minimum atomic E-state index is -0.747. The molecule has 0 heterocycles. The van der Waals surface area contributed by atoms with Crippen molar-refractivity contribution in [3.63, 3.8) is 0 Å². The van der Waals surface area contributed by atoms with Gasteiger partial charge in [-0.2, -0.15) is 0 Å². The molecule has 0 fully saturated rings. The minimum absolute atomic E-state index is 0.0541. The molecule has 7 heteroatoms. The second kappa shape index (κ2) is 9.49. The second-order valence-corrected chi connectivity index (χ2v) is 7.75. The number of benzene rings is 4. The van der Waals surface area contributed by atoms with Crippen LogP contribution in [-0.2, 0) is 11.2 Å². The number of rotatable bonds is 7. The van der Waals surface area contributed by atoms with Crippen LogP contribution in [0.4, 0.5) is 17.1 Å². The molecule has 0 spiro atoms. The van der Waals surface area contributed by atoms with Crippen LogP contribution in [0.25, 0.3) is 10.8 Å². The van der Waals surface area contributed by atoms with Crippen molar-refractivity contribution in [1.29, 1.82) is 0 Å². The van der Waals surface area contributed by atoms with Crippen molar-refractivity contribution in [3.05, 3.63) is 100 Å². The van der Waals surface area contributed by atoms with Gasteiger partial charge in [0.1, 0.15) is 17.5 Å². The lowest BCUT2D eigenvalue weighted by molar-refractivity contribution is -0.116. The highest BCUT2D eigenvalue weighted by molar-refractivity contribution is 6.30. The SMILES string of the molecule is O=Nc1cc(N[C@H](Cc2ccccc2)C(=O)Nc2cccc(Cl)c2)c(O)c2ccccc12. The quantitative estimate of drug-likeness (QED) is 0.231. The molecular formula is C25H20ClN3O3. The topological polar surface area (TPSA) is 90.8 Å². The summed E-state index contributed by atoms with van der Waals surface area (Å²) in [5, 5.41) is 21.4. The number of nitrogens with zero attached hydrogens (tertiary/aromatic N) is 1. The van der Waals surface area contributed by atoms with Crippen molar-refractivity contribution in [2.24, 2.45) is 5.18 Å². The smallest absolute Gasteiger partial charge is 0.247 e. The number of fused-ring (bicyclic) bond motifs is 1. The first kappa shape index (κ1) is 21.3. The van der Waals surface area contributed by atoms with E-state index in [1.54, 1.807) is 48.5 Å². The standard InChI is InChI=1S/C25H20ClN3O3/c26-17-9-6-10-18(14-17)27-25(31)23(13-16-7-2-1-3-8-16)28-22-15-21(29-32)19-11-4-5-12-20(19)24(22)30/h1-12,14-15,23,28,30H,13H2,(H,27,31)/t23-/m1/s1. The molecular weight excluding hydrogens is 426 g/mol. The zero-order chi connectivity index (χ0) is 22.5. The zero-order valence-corrected chi connectivity index (χ0v) is 17.7. The average molecular weight is 446 g/mol. The zero-order valence-electron chi connectivity index (χ0n) is 17.0. The van der Waals surface area contributed by atoms with Crippen LogP contribution in [-0.4, -0.2) is 17.1 Å². The van der Waals surface area contributed by atoms with Crippen molar-refractivity contribution in [1.82, 2.24) is 0 Å². The van der Waals surface area contributed by atoms with Gasteiger partial charge < -0.3 is 15.7 Å². The number of nitroso groups, excluding NO2 is 1. The molecule has 0 aliphatic carbocycles. The number of nitrogens with one attached hydrogen (secondary N) is 2. The Morgan fingerprint density at radius 1 is 0.938 bits per heavy atom. The first-order valence-electron chi connectivity index (χ1n) is 10.00. The number of phenols is 1. The summed E-state index contributed by atoms with van der Waals surface area (Å²) in [5.41, 5.74) is 1.91. The maximum absolute atomic E-state index is 13.2. The molecule has 0 aliphatic heterocycles. The summed E-state index contributed by atoms with van der Waals surface area (Å²) < 4.78 is 0. The third kappa shape index (κ3) is 4.71. The Balaban J connectivity index is 1.69. The van der Waals surface area contributed by atoms with E-state index >= 15 is 0 Å². The highest BCUT2D eigenvalue weighted by atomic mass is 35.5. The van der Waals surface area contributed by atoms with Crippen LogP contribution < -0.4 is 10.6 Å². The summed E-state index contributed by atoms with van der Waals surface area (Å²) in [6.07, 6.45) is 0.351. The molecule has 1 amide bonds. The molecule has 3 N–H and O–H groups in total. The van der Waals surface area contributed by atoms with Crippen LogP contribution in [0.15, 0.2) is 90.1 Å². The Morgan fingerprint density at radius 2 is 1.66 bits per heavy atom. The van der Waals surface area contributed by atoms with Gasteiger partial charge in [-0.15, -0.1) is 4.91 Å². The van der Waals surface area contributed by atoms with Gasteiger partial charge in [0.2, 0.25) is 5.91 Å². The van der Waals surface area contributed by atoms with E-state index in [0.717, 1.165) is 5.56 Å². The van der Waals surface area contributed by atoms with E-state index in [1.165, 1.54) is 6.07 Å². The fourth-order valence-electron chi connectivity index (χ4n) is 3.57. The Bertz CT molecular complexity index is 1280. The molecule has 0 saturated carbocycles. The monoisotopic (exact) mass is 445 g/mol. The van der Waals surface area contributed by atoms with Gasteiger partial charge in [0.05, 0.1) is 5.69 Å². The van der Waals surface area contributed by atoms with Crippen LogP contribution in [0.2, 0.25) is 5.02 Å². The third-order valence-corrected chi connectivity index (χ3v) is 5.35. The van der Waals surface area contributed by atoms with Crippen LogP contribution >= 0.6 is 11.6 Å². The molecule has 0 aliphatic rings. The molecule has 6 nitrogen and oxygen atoms in total. The van der Waals surface area contributed by atoms with Gasteiger partial charge >= 0.3 is 0 Å². The number of aromatic hydroxyl groups is 1. The van der Waals surface area contributed by atoms with E-state index in [4.69, 9.17) is 11.6 Å². The Kier molecular flexibility index (Phi) is 6.33. The number of hydrogen-bond acceptors (Lipinski definition) is 5. The summed E-state index contributed by atoms with van der Waals surface area (Å²) in [4.78, 5) is 24.6. The molecule has 0 aromatic heterocycles. The van der Waals surface area contributed by atoms with E-state index in [0.29, 0.717) is 27.9 Å². The first-order chi connectivity index (χ1) is 15.5. The molecule has 4 aromatic carbocycles. The Morgan fingerprint density at radius 3 is 2.38 bits per heavy atom. The highest BCUT2D eigenvalue weighted by Gasteiger charge is 2.22. The van der Waals surface area contributed by atoms with Crippen molar-refractivity contribution in [2.45, 2.75) is 12.5 Å². The van der Waals surface area contributed by atoms with Crippen molar-refractivity contribution in [3.8, 4) is 5.75 Å². The van der Waals surface area contributed by atoms with Crippen LogP contribution in [0.5, 0.6) is 5.75 Å². The first-order valence-corrected chi connectivity index (χ1v) is 10.4. The van der Waals surface area contributed by atoms with Crippen LogP contribution in [0.1, 0.15) is 5.56 Å². The van der Waals surface area contributed by atoms with E-state index in [2.05, 4.69) is 15.8 Å². The van der Waals surface area contributed by atoms with Crippen molar-refractivity contribution in [2.75, 3.05) is 10.6 Å². The lowest BCUT2D eigenvalue weighted by atomic mass is 10.0. The largest absolute Gasteiger partial charge is 0.505 e. The van der Waals surface area contributed by atoms with E-state index < -0.39 is 6.04 Å². The third-order valence-electron chi connectivity index (χ3n) is 5.11. The van der Waals surface area contributed by atoms with Gasteiger partial charge in [-0.1, -0.05) is 72.3 Å². The summed E-state index contributed by atoms with van der Waals surface area (Å²) in [7, 11) is 0. The van der Waals surface area contributed by atoms with Gasteiger partial charge in [0, 0.05) is 27.9 Å². The minimum Gasteiger partial charge on any atom is -0.505 e. The molecule has 1 atom stereocenters. The predicted molar refractivity (Wildman–Crippen MR) is 129 cm³/mol. The molecule has 4 aromatic rings. The van der Waals surface area contributed by atoms with Gasteiger partial charge in [0.15, 0.2) is 0 Å². The Hall–Kier alpha value is -3.90. The summed E-state index contributed by atoms with van der Waals surface area (Å²) in [5.74, 6) is -0.370. The van der Waals surface area contributed by atoms with E-state index in [1.807, 2.05) is 30.3 Å². The number of carbonyl (C=O) groups excluding carboxylic acids is 1.